The summed E-state index contributed by atoms with van der Waals surface area (Å²) >= 11 is 1.52. The standard InChI is InChI=1S/C14H12N4OS/c1-8-5-9(2)17-14-12(8)11(7-20-14)18-13(19)10-6-15-3-4-16-10/h3-7H,1-2H3,(H,18,19). The lowest BCUT2D eigenvalue weighted by Gasteiger charge is -2.05. The average molecular weight is 284 g/mol. The molecule has 0 aliphatic rings. The smallest absolute Gasteiger partial charge is 0.275 e. The van der Waals surface area contributed by atoms with Gasteiger partial charge in [-0.1, -0.05) is 0 Å². The van der Waals surface area contributed by atoms with Gasteiger partial charge in [-0.3, -0.25) is 9.78 Å². The third-order valence-corrected chi connectivity index (χ3v) is 3.79. The molecule has 0 atom stereocenters. The highest BCUT2D eigenvalue weighted by molar-refractivity contribution is 7.17. The largest absolute Gasteiger partial charge is 0.319 e. The number of nitrogens with one attached hydrogen (secondary N) is 1. The molecule has 0 saturated carbocycles. The maximum atomic E-state index is 12.1. The first-order chi connectivity index (χ1) is 9.65. The van der Waals surface area contributed by atoms with Crippen molar-refractivity contribution in [2.24, 2.45) is 0 Å². The summed E-state index contributed by atoms with van der Waals surface area (Å²) in [4.78, 5) is 25.4. The Bertz CT molecular complexity index is 782. The van der Waals surface area contributed by atoms with Crippen LogP contribution in [0.5, 0.6) is 0 Å². The van der Waals surface area contributed by atoms with E-state index in [1.807, 2.05) is 25.3 Å². The first kappa shape index (κ1) is 12.7. The van der Waals surface area contributed by atoms with Crippen LogP contribution in [0.2, 0.25) is 0 Å². The van der Waals surface area contributed by atoms with Crippen LogP contribution in [0.4, 0.5) is 5.69 Å². The van der Waals surface area contributed by atoms with Gasteiger partial charge in [0.1, 0.15) is 10.5 Å². The normalized spacial score (nSPS) is 10.7. The Morgan fingerprint density at radius 3 is 2.90 bits per heavy atom. The van der Waals surface area contributed by atoms with Gasteiger partial charge in [0.2, 0.25) is 0 Å². The molecule has 6 heteroatoms. The second kappa shape index (κ2) is 4.97. The molecule has 0 bridgehead atoms. The fraction of sp³-hybridized carbons (Fsp3) is 0.143. The Balaban J connectivity index is 1.98. The molecule has 0 radical (unpaired) electrons. The summed E-state index contributed by atoms with van der Waals surface area (Å²) in [5.41, 5.74) is 3.14. The molecule has 0 aliphatic heterocycles. The first-order valence-corrected chi connectivity index (χ1v) is 6.96. The molecule has 0 unspecified atom stereocenters. The maximum absolute atomic E-state index is 12.1. The number of carbonyl (C=O) groups excluding carboxylic acids is 1. The van der Waals surface area contributed by atoms with Crippen molar-refractivity contribution < 1.29 is 4.79 Å². The van der Waals surface area contributed by atoms with E-state index in [0.717, 1.165) is 27.2 Å². The van der Waals surface area contributed by atoms with Crippen LogP contribution in [0.15, 0.2) is 30.0 Å². The van der Waals surface area contributed by atoms with Crippen LogP contribution >= 0.6 is 11.3 Å². The molecular weight excluding hydrogens is 272 g/mol. The molecule has 1 N–H and O–H groups in total. The lowest BCUT2D eigenvalue weighted by Crippen LogP contribution is -2.13. The van der Waals surface area contributed by atoms with Crippen molar-refractivity contribution in [1.82, 2.24) is 15.0 Å². The SMILES string of the molecule is Cc1cc(C)c2c(NC(=O)c3cnccn3)csc2n1. The van der Waals surface area contributed by atoms with Crippen LogP contribution in [0.3, 0.4) is 0 Å². The lowest BCUT2D eigenvalue weighted by atomic mass is 10.1. The van der Waals surface area contributed by atoms with E-state index in [1.54, 1.807) is 0 Å². The molecule has 0 aromatic carbocycles. The number of thiophene rings is 1. The highest BCUT2D eigenvalue weighted by atomic mass is 32.1. The molecule has 0 spiro atoms. The van der Waals surface area contributed by atoms with E-state index in [1.165, 1.54) is 29.9 Å². The Morgan fingerprint density at radius 2 is 2.15 bits per heavy atom. The quantitative estimate of drug-likeness (QED) is 0.785. The van der Waals surface area contributed by atoms with Gasteiger partial charge < -0.3 is 5.32 Å². The average Bonchev–Trinajstić information content (AvgIpc) is 2.82. The fourth-order valence-electron chi connectivity index (χ4n) is 2.08. The summed E-state index contributed by atoms with van der Waals surface area (Å²) in [6.45, 7) is 3.98. The first-order valence-electron chi connectivity index (χ1n) is 6.08. The molecule has 3 aromatic rings. The molecule has 3 aromatic heterocycles. The number of amides is 1. The van der Waals surface area contributed by atoms with Gasteiger partial charge in [0, 0.05) is 28.9 Å². The van der Waals surface area contributed by atoms with Crippen LogP contribution < -0.4 is 5.32 Å². The van der Waals surface area contributed by atoms with E-state index >= 15 is 0 Å². The summed E-state index contributed by atoms with van der Waals surface area (Å²) in [5.74, 6) is -0.266. The van der Waals surface area contributed by atoms with E-state index in [0.29, 0.717) is 5.69 Å². The van der Waals surface area contributed by atoms with E-state index in [-0.39, 0.29) is 5.91 Å². The van der Waals surface area contributed by atoms with Gasteiger partial charge in [0.25, 0.3) is 5.91 Å². The minimum Gasteiger partial charge on any atom is -0.319 e. The van der Waals surface area contributed by atoms with Crippen molar-refractivity contribution >= 4 is 33.1 Å². The third kappa shape index (κ3) is 2.25. The van der Waals surface area contributed by atoms with Crippen LogP contribution in [0.1, 0.15) is 21.7 Å². The second-order valence-corrected chi connectivity index (χ2v) is 5.31. The van der Waals surface area contributed by atoms with Gasteiger partial charge in [0.05, 0.1) is 11.9 Å². The number of carbonyl (C=O) groups is 1. The Labute approximate surface area is 119 Å². The van der Waals surface area contributed by atoms with Crippen LogP contribution in [-0.4, -0.2) is 20.9 Å². The van der Waals surface area contributed by atoms with Gasteiger partial charge >= 0.3 is 0 Å². The third-order valence-electron chi connectivity index (χ3n) is 2.91. The summed E-state index contributed by atoms with van der Waals surface area (Å²) in [7, 11) is 0. The zero-order valence-electron chi connectivity index (χ0n) is 11.0. The van der Waals surface area contributed by atoms with Gasteiger partial charge in [-0.15, -0.1) is 11.3 Å². The summed E-state index contributed by atoms with van der Waals surface area (Å²) in [6.07, 6.45) is 4.48. The van der Waals surface area contributed by atoms with E-state index in [4.69, 9.17) is 0 Å². The number of pyridine rings is 1. The van der Waals surface area contributed by atoms with Crippen LogP contribution in [0, 0.1) is 13.8 Å². The zero-order chi connectivity index (χ0) is 14.1. The fourth-order valence-corrected chi connectivity index (χ4v) is 3.08. The molecule has 0 aliphatic carbocycles. The number of aromatic nitrogens is 3. The zero-order valence-corrected chi connectivity index (χ0v) is 11.9. The molecule has 0 saturated heterocycles. The highest BCUT2D eigenvalue weighted by Gasteiger charge is 2.13. The van der Waals surface area contributed by atoms with Crippen molar-refractivity contribution in [1.29, 1.82) is 0 Å². The molecule has 20 heavy (non-hydrogen) atoms. The Hall–Kier alpha value is -2.34. The van der Waals surface area contributed by atoms with Crippen LogP contribution in [-0.2, 0) is 0 Å². The predicted octanol–water partition coefficient (Wildman–Crippen LogP) is 2.96. The number of fused-ring (bicyclic) bond motifs is 1. The van der Waals surface area contributed by atoms with Crippen molar-refractivity contribution in [3.8, 4) is 0 Å². The van der Waals surface area contributed by atoms with Gasteiger partial charge in [-0.25, -0.2) is 9.97 Å². The summed E-state index contributed by atoms with van der Waals surface area (Å²) in [5, 5.41) is 5.76. The minimum atomic E-state index is -0.266. The van der Waals surface area contributed by atoms with E-state index in [2.05, 4.69) is 20.3 Å². The summed E-state index contributed by atoms with van der Waals surface area (Å²) in [6, 6.07) is 2.01. The van der Waals surface area contributed by atoms with Crippen molar-refractivity contribution in [2.75, 3.05) is 5.32 Å². The lowest BCUT2D eigenvalue weighted by molar-refractivity contribution is 0.102. The molecule has 3 heterocycles. The molecule has 1 amide bonds. The second-order valence-electron chi connectivity index (χ2n) is 4.45. The molecule has 5 nitrogen and oxygen atoms in total. The maximum Gasteiger partial charge on any atom is 0.275 e. The summed E-state index contributed by atoms with van der Waals surface area (Å²) < 4.78 is 0. The molecular formula is C14H12N4OS. The monoisotopic (exact) mass is 284 g/mol. The topological polar surface area (TPSA) is 67.8 Å². The number of hydrogen-bond acceptors (Lipinski definition) is 5. The molecule has 3 rings (SSSR count). The number of hydrogen-bond donors (Lipinski definition) is 1. The Kier molecular flexibility index (Phi) is 3.15. The number of aryl methyl sites for hydroxylation is 2. The van der Waals surface area contributed by atoms with Gasteiger partial charge in [-0.05, 0) is 25.5 Å². The molecule has 0 fully saturated rings. The molecule has 100 valence electrons. The van der Waals surface area contributed by atoms with Gasteiger partial charge in [-0.2, -0.15) is 0 Å². The van der Waals surface area contributed by atoms with Crippen molar-refractivity contribution in [2.45, 2.75) is 13.8 Å². The van der Waals surface area contributed by atoms with Crippen molar-refractivity contribution in [3.63, 3.8) is 0 Å². The van der Waals surface area contributed by atoms with E-state index in [9.17, 15) is 4.79 Å². The number of anilines is 1. The predicted molar refractivity (Wildman–Crippen MR) is 79.1 cm³/mol. The van der Waals surface area contributed by atoms with E-state index < -0.39 is 0 Å². The number of nitrogens with zero attached hydrogens (tertiary/aromatic N) is 3. The van der Waals surface area contributed by atoms with Crippen molar-refractivity contribution in [3.05, 3.63) is 47.0 Å². The number of rotatable bonds is 2. The highest BCUT2D eigenvalue weighted by Crippen LogP contribution is 2.32. The minimum absolute atomic E-state index is 0.266. The van der Waals surface area contributed by atoms with Gasteiger partial charge in [0.15, 0.2) is 0 Å². The Morgan fingerprint density at radius 1 is 1.30 bits per heavy atom. The van der Waals surface area contributed by atoms with Crippen LogP contribution in [0.25, 0.3) is 10.2 Å².